The third-order valence-corrected chi connectivity index (χ3v) is 4.05. The van der Waals surface area contributed by atoms with Gasteiger partial charge in [0, 0.05) is 17.2 Å². The van der Waals surface area contributed by atoms with E-state index in [9.17, 15) is 14.0 Å². The Hall–Kier alpha value is -2.64. The predicted octanol–water partition coefficient (Wildman–Crippen LogP) is 4.21. The SMILES string of the molecule is CCOCc1cc(C(=O)O[C@H](C)C(=O)Nc2ccc(Cl)cc2F)ccc1OC. The maximum absolute atomic E-state index is 13.8. The number of carbonyl (C=O) groups is 2. The number of anilines is 1. The molecule has 0 aliphatic rings. The molecule has 0 aliphatic heterocycles. The summed E-state index contributed by atoms with van der Waals surface area (Å²) in [6.07, 6.45) is -1.14. The van der Waals surface area contributed by atoms with Gasteiger partial charge in [0.25, 0.3) is 5.91 Å². The lowest BCUT2D eigenvalue weighted by Crippen LogP contribution is -2.30. The number of hydrogen-bond acceptors (Lipinski definition) is 5. The molecule has 0 saturated heterocycles. The van der Waals surface area contributed by atoms with Crippen LogP contribution in [0.25, 0.3) is 0 Å². The number of nitrogens with one attached hydrogen (secondary N) is 1. The van der Waals surface area contributed by atoms with E-state index in [0.717, 1.165) is 6.07 Å². The first-order chi connectivity index (χ1) is 13.3. The second-order valence-electron chi connectivity index (χ2n) is 5.82. The molecule has 2 aromatic carbocycles. The molecule has 28 heavy (non-hydrogen) atoms. The Morgan fingerprint density at radius 3 is 2.61 bits per heavy atom. The number of benzene rings is 2. The number of halogens is 2. The van der Waals surface area contributed by atoms with Gasteiger partial charge in [-0.15, -0.1) is 0 Å². The van der Waals surface area contributed by atoms with Gasteiger partial charge in [-0.2, -0.15) is 0 Å². The van der Waals surface area contributed by atoms with Crippen molar-refractivity contribution >= 4 is 29.2 Å². The Bertz CT molecular complexity index is 858. The number of hydrogen-bond donors (Lipinski definition) is 1. The summed E-state index contributed by atoms with van der Waals surface area (Å²) >= 11 is 5.68. The lowest BCUT2D eigenvalue weighted by atomic mass is 10.1. The zero-order chi connectivity index (χ0) is 20.7. The zero-order valence-electron chi connectivity index (χ0n) is 15.8. The largest absolute Gasteiger partial charge is 0.496 e. The zero-order valence-corrected chi connectivity index (χ0v) is 16.5. The van der Waals surface area contributed by atoms with Crippen LogP contribution < -0.4 is 10.1 Å². The summed E-state index contributed by atoms with van der Waals surface area (Å²) < 4.78 is 29.6. The van der Waals surface area contributed by atoms with Crippen LogP contribution in [0.3, 0.4) is 0 Å². The van der Waals surface area contributed by atoms with Crippen molar-refractivity contribution < 1.29 is 28.2 Å². The third-order valence-electron chi connectivity index (χ3n) is 3.82. The fourth-order valence-corrected chi connectivity index (χ4v) is 2.50. The molecule has 0 radical (unpaired) electrons. The van der Waals surface area contributed by atoms with E-state index in [2.05, 4.69) is 5.32 Å². The number of esters is 1. The average molecular weight is 410 g/mol. The molecule has 0 aliphatic carbocycles. The molecule has 0 saturated carbocycles. The second kappa shape index (κ2) is 10.1. The minimum atomic E-state index is -1.14. The number of rotatable bonds is 8. The Kier molecular flexibility index (Phi) is 7.78. The normalized spacial score (nSPS) is 11.6. The highest BCUT2D eigenvalue weighted by Crippen LogP contribution is 2.22. The summed E-state index contributed by atoms with van der Waals surface area (Å²) in [7, 11) is 1.52. The van der Waals surface area contributed by atoms with Crippen molar-refractivity contribution in [1.82, 2.24) is 0 Å². The van der Waals surface area contributed by atoms with Gasteiger partial charge >= 0.3 is 5.97 Å². The van der Waals surface area contributed by atoms with Gasteiger partial charge in [-0.05, 0) is 50.2 Å². The summed E-state index contributed by atoms with van der Waals surface area (Å²) in [5.41, 5.74) is 0.868. The average Bonchev–Trinajstić information content (AvgIpc) is 2.67. The van der Waals surface area contributed by atoms with E-state index in [4.69, 9.17) is 25.8 Å². The quantitative estimate of drug-likeness (QED) is 0.661. The molecule has 1 N–H and O–H groups in total. The molecule has 0 fully saturated rings. The Labute approximate surface area is 167 Å². The summed E-state index contributed by atoms with van der Waals surface area (Å²) in [6, 6.07) is 8.58. The topological polar surface area (TPSA) is 73.9 Å². The van der Waals surface area contributed by atoms with Crippen molar-refractivity contribution in [2.24, 2.45) is 0 Å². The van der Waals surface area contributed by atoms with Crippen molar-refractivity contribution in [1.29, 1.82) is 0 Å². The van der Waals surface area contributed by atoms with Crippen molar-refractivity contribution in [3.63, 3.8) is 0 Å². The maximum atomic E-state index is 13.8. The molecule has 0 heterocycles. The Balaban J connectivity index is 2.05. The van der Waals surface area contributed by atoms with E-state index in [1.807, 2.05) is 6.92 Å². The van der Waals surface area contributed by atoms with E-state index in [0.29, 0.717) is 17.9 Å². The van der Waals surface area contributed by atoms with Gasteiger partial charge in [0.15, 0.2) is 6.10 Å². The van der Waals surface area contributed by atoms with Crippen molar-refractivity contribution in [3.8, 4) is 5.75 Å². The molecule has 0 bridgehead atoms. The van der Waals surface area contributed by atoms with E-state index in [1.54, 1.807) is 12.1 Å². The lowest BCUT2D eigenvalue weighted by Gasteiger charge is -2.15. The fraction of sp³-hybridized carbons (Fsp3) is 0.300. The van der Waals surface area contributed by atoms with Crippen LogP contribution in [0.4, 0.5) is 10.1 Å². The third kappa shape index (κ3) is 5.68. The molecule has 1 atom stereocenters. The van der Waals surface area contributed by atoms with Gasteiger partial charge in [0.1, 0.15) is 11.6 Å². The van der Waals surface area contributed by atoms with Crippen molar-refractivity contribution in [3.05, 3.63) is 58.4 Å². The summed E-state index contributed by atoms with van der Waals surface area (Å²) in [5.74, 6) is -1.47. The van der Waals surface area contributed by atoms with E-state index < -0.39 is 23.8 Å². The first kappa shape index (κ1) is 21.7. The predicted molar refractivity (Wildman–Crippen MR) is 103 cm³/mol. The summed E-state index contributed by atoms with van der Waals surface area (Å²) in [5, 5.41) is 2.57. The minimum Gasteiger partial charge on any atom is -0.496 e. The first-order valence-corrected chi connectivity index (χ1v) is 8.95. The van der Waals surface area contributed by atoms with Gasteiger partial charge in [-0.3, -0.25) is 4.79 Å². The van der Waals surface area contributed by atoms with Crippen LogP contribution in [0.1, 0.15) is 29.8 Å². The van der Waals surface area contributed by atoms with Crippen LogP contribution >= 0.6 is 11.6 Å². The molecule has 8 heteroatoms. The number of amides is 1. The van der Waals surface area contributed by atoms with E-state index >= 15 is 0 Å². The minimum absolute atomic E-state index is 0.0549. The van der Waals surface area contributed by atoms with Crippen LogP contribution in [0.15, 0.2) is 36.4 Å². The molecule has 0 aromatic heterocycles. The standard InChI is InChI=1S/C20H21ClFNO5/c1-4-27-11-14-9-13(5-8-18(14)26-3)20(25)28-12(2)19(24)23-17-7-6-15(21)10-16(17)22/h5-10,12H,4,11H2,1-3H3,(H,23,24)/t12-/m1/s1. The van der Waals surface area contributed by atoms with Crippen molar-refractivity contribution in [2.45, 2.75) is 26.6 Å². The molecule has 1 amide bonds. The van der Waals surface area contributed by atoms with Crippen LogP contribution in [0.2, 0.25) is 5.02 Å². The van der Waals surface area contributed by atoms with Gasteiger partial charge in [-0.1, -0.05) is 11.6 Å². The molecule has 2 rings (SSSR count). The highest BCUT2D eigenvalue weighted by molar-refractivity contribution is 6.30. The van der Waals surface area contributed by atoms with Gasteiger partial charge in [-0.25, -0.2) is 9.18 Å². The van der Waals surface area contributed by atoms with Crippen LogP contribution in [0, 0.1) is 5.82 Å². The van der Waals surface area contributed by atoms with Gasteiger partial charge in [0.05, 0.1) is 25.0 Å². The van der Waals surface area contributed by atoms with E-state index in [1.165, 1.54) is 32.2 Å². The lowest BCUT2D eigenvalue weighted by molar-refractivity contribution is -0.123. The van der Waals surface area contributed by atoms with Gasteiger partial charge in [0.2, 0.25) is 0 Å². The highest BCUT2D eigenvalue weighted by atomic mass is 35.5. The summed E-state index contributed by atoms with van der Waals surface area (Å²) in [4.78, 5) is 24.6. The number of carbonyl (C=O) groups excluding carboxylic acids is 2. The number of ether oxygens (including phenoxy) is 3. The highest BCUT2D eigenvalue weighted by Gasteiger charge is 2.21. The Morgan fingerprint density at radius 2 is 1.96 bits per heavy atom. The molecular formula is C20H21ClFNO5. The monoisotopic (exact) mass is 409 g/mol. The smallest absolute Gasteiger partial charge is 0.338 e. The first-order valence-electron chi connectivity index (χ1n) is 8.57. The maximum Gasteiger partial charge on any atom is 0.338 e. The second-order valence-corrected chi connectivity index (χ2v) is 6.26. The molecule has 6 nitrogen and oxygen atoms in total. The molecule has 2 aromatic rings. The van der Waals surface area contributed by atoms with Crippen molar-refractivity contribution in [2.75, 3.05) is 19.0 Å². The summed E-state index contributed by atoms with van der Waals surface area (Å²) in [6.45, 7) is 4.03. The van der Waals surface area contributed by atoms with Crippen LogP contribution in [-0.2, 0) is 20.9 Å². The number of methoxy groups -OCH3 is 1. The molecule has 0 spiro atoms. The molecule has 150 valence electrons. The van der Waals surface area contributed by atoms with Crippen LogP contribution in [-0.4, -0.2) is 31.7 Å². The van der Waals surface area contributed by atoms with Gasteiger partial charge < -0.3 is 19.5 Å². The van der Waals surface area contributed by atoms with E-state index in [-0.39, 0.29) is 22.9 Å². The fourth-order valence-electron chi connectivity index (χ4n) is 2.34. The Morgan fingerprint density at radius 1 is 1.21 bits per heavy atom. The van der Waals surface area contributed by atoms with Crippen LogP contribution in [0.5, 0.6) is 5.75 Å². The molecule has 0 unspecified atom stereocenters. The molecular weight excluding hydrogens is 389 g/mol.